The van der Waals surface area contributed by atoms with Crippen molar-refractivity contribution in [2.24, 2.45) is 11.3 Å². The fourth-order valence-electron chi connectivity index (χ4n) is 5.19. The fraction of sp³-hybridized carbons (Fsp3) is 1.00. The molecule has 4 fully saturated rings. The summed E-state index contributed by atoms with van der Waals surface area (Å²) < 4.78 is 56.1. The minimum absolute atomic E-state index is 0.00281. The lowest BCUT2D eigenvalue weighted by Gasteiger charge is -2.61. The Bertz CT molecular complexity index is 366. The molecule has 0 aromatic heterocycles. The second kappa shape index (κ2) is 4.05. The highest BCUT2D eigenvalue weighted by atomic mass is 32.2. The predicted molar refractivity (Wildman–Crippen MR) is 69.0 cm³/mol. The van der Waals surface area contributed by atoms with Gasteiger partial charge in [0.1, 0.15) is 11.3 Å². The topological polar surface area (TPSA) is 0 Å². The molecule has 0 saturated heterocycles. The molecule has 4 saturated carbocycles. The van der Waals surface area contributed by atoms with Crippen LogP contribution in [0.4, 0.5) is 17.6 Å². The third-order valence-electron chi connectivity index (χ3n) is 5.29. The van der Waals surface area contributed by atoms with Gasteiger partial charge in [0.2, 0.25) is 0 Å². The summed E-state index contributed by atoms with van der Waals surface area (Å²) in [5, 5.41) is -2.77. The van der Waals surface area contributed by atoms with Gasteiger partial charge in [0.15, 0.2) is 0 Å². The van der Waals surface area contributed by atoms with Crippen molar-refractivity contribution in [1.29, 1.82) is 0 Å². The van der Waals surface area contributed by atoms with Crippen LogP contribution in [0.3, 0.4) is 0 Å². The van der Waals surface area contributed by atoms with Gasteiger partial charge < -0.3 is 0 Å². The Hall–Kier alpha value is 0.0700. The Balaban J connectivity index is 1.77. The van der Waals surface area contributed by atoms with Crippen molar-refractivity contribution in [3.63, 3.8) is 0 Å². The lowest BCUT2D eigenvalue weighted by molar-refractivity contribution is -0.179. The molecule has 0 aromatic rings. The summed E-state index contributed by atoms with van der Waals surface area (Å²) in [4.78, 5) is 0. The van der Waals surface area contributed by atoms with Gasteiger partial charge in [0, 0.05) is 12.8 Å². The standard InChI is InChI=1S/C14H20F4S/c1-19-14(17,18)3-2-11-4-10-5-12(15,7-11)9-13(16,6-10)8-11/h10H,2-9H2,1H3. The van der Waals surface area contributed by atoms with Crippen LogP contribution in [-0.4, -0.2) is 22.8 Å². The molecular weight excluding hydrogens is 276 g/mol. The highest BCUT2D eigenvalue weighted by Crippen LogP contribution is 2.67. The first-order valence-electron chi connectivity index (χ1n) is 6.98. The molecular formula is C14H20F4S. The molecule has 0 nitrogen and oxygen atoms in total. The van der Waals surface area contributed by atoms with Crippen LogP contribution in [0.1, 0.15) is 51.4 Å². The van der Waals surface area contributed by atoms with E-state index < -0.39 is 22.0 Å². The molecule has 0 spiro atoms. The van der Waals surface area contributed by atoms with E-state index in [2.05, 4.69) is 0 Å². The third kappa shape index (κ3) is 2.52. The monoisotopic (exact) mass is 296 g/mol. The summed E-state index contributed by atoms with van der Waals surface area (Å²) in [6, 6.07) is 0. The Morgan fingerprint density at radius 2 is 1.63 bits per heavy atom. The van der Waals surface area contributed by atoms with Crippen LogP contribution in [0, 0.1) is 11.3 Å². The van der Waals surface area contributed by atoms with E-state index in [1.165, 1.54) is 6.26 Å². The highest BCUT2D eigenvalue weighted by Gasteiger charge is 2.64. The van der Waals surface area contributed by atoms with Gasteiger partial charge in [-0.2, -0.15) is 8.78 Å². The number of hydrogen-bond donors (Lipinski definition) is 0. The first-order chi connectivity index (χ1) is 8.67. The molecule has 4 bridgehead atoms. The normalized spacial score (nSPS) is 48.8. The van der Waals surface area contributed by atoms with E-state index in [1.807, 2.05) is 0 Å². The van der Waals surface area contributed by atoms with Crippen molar-refractivity contribution in [3.8, 4) is 0 Å². The van der Waals surface area contributed by atoms with Crippen molar-refractivity contribution in [3.05, 3.63) is 0 Å². The first kappa shape index (κ1) is 14.0. The largest absolute Gasteiger partial charge is 0.293 e. The summed E-state index contributed by atoms with van der Waals surface area (Å²) in [7, 11) is 0. The molecule has 4 aliphatic carbocycles. The summed E-state index contributed by atoms with van der Waals surface area (Å²) in [6.45, 7) is 0. The van der Waals surface area contributed by atoms with Crippen LogP contribution in [0.25, 0.3) is 0 Å². The van der Waals surface area contributed by atoms with Crippen LogP contribution >= 0.6 is 11.8 Å². The number of rotatable bonds is 4. The minimum atomic E-state index is -2.77. The third-order valence-corrected chi connectivity index (χ3v) is 6.09. The van der Waals surface area contributed by atoms with Gasteiger partial charge in [-0.3, -0.25) is 0 Å². The van der Waals surface area contributed by atoms with E-state index in [0.717, 1.165) is 6.42 Å². The van der Waals surface area contributed by atoms with E-state index in [4.69, 9.17) is 0 Å². The summed E-state index contributed by atoms with van der Waals surface area (Å²) in [6.07, 6.45) is 3.61. The molecule has 0 N–H and O–H groups in total. The highest BCUT2D eigenvalue weighted by molar-refractivity contribution is 7.99. The molecule has 0 aromatic carbocycles. The number of alkyl halides is 4. The SMILES string of the molecule is CSC(F)(F)CCC12CC3CC(F)(CC(F)(C3)C1)C2. The number of thioether (sulfide) groups is 1. The molecule has 0 aliphatic heterocycles. The number of halogens is 4. The summed E-state index contributed by atoms with van der Waals surface area (Å²) in [5.74, 6) is 0.0640. The second-order valence-electron chi connectivity index (χ2n) is 7.15. The Labute approximate surface area is 115 Å². The van der Waals surface area contributed by atoms with E-state index in [0.29, 0.717) is 37.4 Å². The van der Waals surface area contributed by atoms with Gasteiger partial charge in [-0.05, 0) is 56.1 Å². The Morgan fingerprint density at radius 3 is 2.11 bits per heavy atom. The van der Waals surface area contributed by atoms with Gasteiger partial charge in [0.25, 0.3) is 5.25 Å². The summed E-state index contributed by atoms with van der Waals surface area (Å²) >= 11 is 0.533. The zero-order chi connectivity index (χ0) is 13.9. The van der Waals surface area contributed by atoms with E-state index in [9.17, 15) is 17.6 Å². The van der Waals surface area contributed by atoms with Gasteiger partial charge in [-0.25, -0.2) is 8.78 Å². The maximum atomic E-state index is 14.6. The molecule has 5 heteroatoms. The van der Waals surface area contributed by atoms with Gasteiger partial charge in [0.05, 0.1) is 0 Å². The fourth-order valence-corrected chi connectivity index (χ4v) is 5.49. The lowest BCUT2D eigenvalue weighted by Crippen LogP contribution is -2.60. The van der Waals surface area contributed by atoms with Gasteiger partial charge in [-0.15, -0.1) is 0 Å². The minimum Gasteiger partial charge on any atom is -0.244 e. The number of hydrogen-bond acceptors (Lipinski definition) is 1. The average molecular weight is 296 g/mol. The summed E-state index contributed by atoms with van der Waals surface area (Å²) in [5.41, 5.74) is -3.37. The predicted octanol–water partition coefficient (Wildman–Crippen LogP) is 5.12. The average Bonchev–Trinajstić information content (AvgIpc) is 2.22. The maximum Gasteiger partial charge on any atom is 0.293 e. The van der Waals surface area contributed by atoms with Crippen LogP contribution in [0.2, 0.25) is 0 Å². The molecule has 4 aliphatic rings. The molecule has 0 amide bonds. The van der Waals surface area contributed by atoms with E-state index >= 15 is 0 Å². The van der Waals surface area contributed by atoms with E-state index in [1.54, 1.807) is 0 Å². The van der Waals surface area contributed by atoms with Crippen LogP contribution < -0.4 is 0 Å². The van der Waals surface area contributed by atoms with Crippen molar-refractivity contribution < 1.29 is 17.6 Å². The molecule has 2 unspecified atom stereocenters. The quantitative estimate of drug-likeness (QED) is 0.649. The molecule has 0 radical (unpaired) electrons. The smallest absolute Gasteiger partial charge is 0.244 e. The van der Waals surface area contributed by atoms with Crippen molar-refractivity contribution in [2.75, 3.05) is 6.26 Å². The van der Waals surface area contributed by atoms with Crippen LogP contribution in [0.5, 0.6) is 0 Å². The van der Waals surface area contributed by atoms with Crippen molar-refractivity contribution in [1.82, 2.24) is 0 Å². The zero-order valence-corrected chi connectivity index (χ0v) is 12.0. The van der Waals surface area contributed by atoms with Crippen LogP contribution in [0.15, 0.2) is 0 Å². The molecule has 4 rings (SSSR count). The molecule has 2 atom stereocenters. The second-order valence-corrected chi connectivity index (χ2v) is 8.16. The van der Waals surface area contributed by atoms with Gasteiger partial charge >= 0.3 is 0 Å². The van der Waals surface area contributed by atoms with Gasteiger partial charge in [-0.1, -0.05) is 11.8 Å². The first-order valence-corrected chi connectivity index (χ1v) is 8.21. The Kier molecular flexibility index (Phi) is 2.99. The van der Waals surface area contributed by atoms with E-state index in [-0.39, 0.29) is 25.2 Å². The Morgan fingerprint density at radius 1 is 1.05 bits per heavy atom. The zero-order valence-electron chi connectivity index (χ0n) is 11.2. The molecule has 19 heavy (non-hydrogen) atoms. The van der Waals surface area contributed by atoms with Crippen molar-refractivity contribution >= 4 is 11.8 Å². The maximum absolute atomic E-state index is 14.6. The lowest BCUT2D eigenvalue weighted by atomic mass is 9.46. The molecule has 110 valence electrons. The van der Waals surface area contributed by atoms with Crippen LogP contribution in [-0.2, 0) is 0 Å². The molecule has 0 heterocycles. The van der Waals surface area contributed by atoms with Crippen molar-refractivity contribution in [2.45, 2.75) is 68.0 Å².